The molecular formula is C14H21NO5S. The van der Waals surface area contributed by atoms with Crippen LogP contribution in [0.25, 0.3) is 0 Å². The van der Waals surface area contributed by atoms with Crippen molar-refractivity contribution < 1.29 is 22.1 Å². The zero-order valence-electron chi connectivity index (χ0n) is 12.2. The summed E-state index contributed by atoms with van der Waals surface area (Å²) in [6.45, 7) is 7.91. The highest BCUT2D eigenvalue weighted by molar-refractivity contribution is 7.87. The van der Waals surface area contributed by atoms with E-state index in [0.29, 0.717) is 18.7 Å². The molecular weight excluding hydrogens is 294 g/mol. The fourth-order valence-electron chi connectivity index (χ4n) is 4.09. The maximum absolute atomic E-state index is 12.0. The van der Waals surface area contributed by atoms with Crippen LogP contribution < -0.4 is 5.32 Å². The predicted molar refractivity (Wildman–Crippen MR) is 75.9 cm³/mol. The Morgan fingerprint density at radius 3 is 2.81 bits per heavy atom. The van der Waals surface area contributed by atoms with Gasteiger partial charge in [-0.3, -0.25) is 8.98 Å². The molecule has 21 heavy (non-hydrogen) atoms. The van der Waals surface area contributed by atoms with Crippen molar-refractivity contribution in [3.63, 3.8) is 0 Å². The van der Waals surface area contributed by atoms with E-state index in [1.54, 1.807) is 6.92 Å². The van der Waals surface area contributed by atoms with Crippen LogP contribution in [0.3, 0.4) is 0 Å². The van der Waals surface area contributed by atoms with E-state index in [4.69, 9.17) is 8.92 Å². The maximum atomic E-state index is 12.0. The first-order valence-corrected chi connectivity index (χ1v) is 8.77. The summed E-state index contributed by atoms with van der Waals surface area (Å²) in [6.07, 6.45) is 0.344. The van der Waals surface area contributed by atoms with E-state index < -0.39 is 10.1 Å². The molecule has 3 fully saturated rings. The zero-order valence-corrected chi connectivity index (χ0v) is 13.1. The van der Waals surface area contributed by atoms with Crippen LogP contribution in [0.2, 0.25) is 0 Å². The molecule has 3 aliphatic rings. The SMILES string of the molecule is C=C(C)C(=O)NCCOC1C2CC3C1OS(=O)(=O)C3C2C. The first-order valence-electron chi connectivity index (χ1n) is 7.30. The van der Waals surface area contributed by atoms with Gasteiger partial charge in [0, 0.05) is 18.0 Å². The molecule has 3 rings (SSSR count). The second-order valence-electron chi connectivity index (χ2n) is 6.31. The van der Waals surface area contributed by atoms with Gasteiger partial charge in [-0.2, -0.15) is 8.42 Å². The van der Waals surface area contributed by atoms with Gasteiger partial charge in [-0.25, -0.2) is 0 Å². The monoisotopic (exact) mass is 315 g/mol. The summed E-state index contributed by atoms with van der Waals surface area (Å²) in [4.78, 5) is 11.4. The Morgan fingerprint density at radius 1 is 1.43 bits per heavy atom. The molecule has 2 bridgehead atoms. The molecule has 6 atom stereocenters. The van der Waals surface area contributed by atoms with Gasteiger partial charge in [0.25, 0.3) is 10.1 Å². The maximum Gasteiger partial charge on any atom is 0.271 e. The second kappa shape index (κ2) is 5.07. The summed E-state index contributed by atoms with van der Waals surface area (Å²) in [7, 11) is -3.43. The van der Waals surface area contributed by atoms with Gasteiger partial charge in [0.15, 0.2) is 0 Å². The fraction of sp³-hybridized carbons (Fsp3) is 0.786. The lowest BCUT2D eigenvalue weighted by Crippen LogP contribution is -2.41. The summed E-state index contributed by atoms with van der Waals surface area (Å²) in [5.74, 6) is 0.192. The third kappa shape index (κ3) is 2.31. The highest BCUT2D eigenvalue weighted by atomic mass is 32.2. The van der Waals surface area contributed by atoms with E-state index in [1.165, 1.54) is 0 Å². The van der Waals surface area contributed by atoms with Gasteiger partial charge in [0.1, 0.15) is 6.10 Å². The van der Waals surface area contributed by atoms with Crippen LogP contribution >= 0.6 is 0 Å². The minimum absolute atomic E-state index is 0.0741. The quantitative estimate of drug-likeness (QED) is 0.452. The van der Waals surface area contributed by atoms with Crippen molar-refractivity contribution in [2.24, 2.45) is 17.8 Å². The number of hydrogen-bond donors (Lipinski definition) is 1. The number of nitrogens with one attached hydrogen (secondary N) is 1. The average molecular weight is 315 g/mol. The van der Waals surface area contributed by atoms with Gasteiger partial charge in [-0.05, 0) is 25.2 Å². The highest BCUT2D eigenvalue weighted by Gasteiger charge is 2.67. The Morgan fingerprint density at radius 2 is 2.14 bits per heavy atom. The van der Waals surface area contributed by atoms with E-state index in [2.05, 4.69) is 11.9 Å². The van der Waals surface area contributed by atoms with Crippen molar-refractivity contribution >= 4 is 16.0 Å². The van der Waals surface area contributed by atoms with Crippen LogP contribution in [0.5, 0.6) is 0 Å². The van der Waals surface area contributed by atoms with Crippen molar-refractivity contribution in [2.75, 3.05) is 13.2 Å². The number of fused-ring (bicyclic) bond motifs is 1. The van der Waals surface area contributed by atoms with Crippen LogP contribution in [0.4, 0.5) is 0 Å². The van der Waals surface area contributed by atoms with E-state index in [0.717, 1.165) is 6.42 Å². The molecule has 0 aromatic carbocycles. The van der Waals surface area contributed by atoms with Gasteiger partial charge in [0.05, 0.1) is 18.0 Å². The number of carbonyl (C=O) groups excluding carboxylic acids is 1. The zero-order chi connectivity index (χ0) is 15.4. The number of rotatable bonds is 5. The van der Waals surface area contributed by atoms with Gasteiger partial charge >= 0.3 is 0 Å². The van der Waals surface area contributed by atoms with Crippen LogP contribution in [0, 0.1) is 17.8 Å². The normalized spacial score (nSPS) is 42.2. The van der Waals surface area contributed by atoms with Crippen molar-refractivity contribution in [3.05, 3.63) is 12.2 Å². The summed E-state index contributed by atoms with van der Waals surface area (Å²) >= 11 is 0. The Balaban J connectivity index is 1.57. The van der Waals surface area contributed by atoms with E-state index in [-0.39, 0.29) is 41.1 Å². The molecule has 118 valence electrons. The largest absolute Gasteiger partial charge is 0.373 e. The van der Waals surface area contributed by atoms with Crippen molar-refractivity contribution in [2.45, 2.75) is 37.7 Å². The molecule has 0 aromatic rings. The third-order valence-corrected chi connectivity index (χ3v) is 6.93. The van der Waals surface area contributed by atoms with E-state index >= 15 is 0 Å². The Kier molecular flexibility index (Phi) is 3.62. The molecule has 2 saturated carbocycles. The predicted octanol–water partition coefficient (Wildman–Crippen LogP) is 0.447. The smallest absolute Gasteiger partial charge is 0.271 e. The van der Waals surface area contributed by atoms with E-state index in [1.807, 2.05) is 6.92 Å². The van der Waals surface area contributed by atoms with Crippen molar-refractivity contribution in [1.82, 2.24) is 5.32 Å². The van der Waals surface area contributed by atoms with Gasteiger partial charge in [0.2, 0.25) is 5.91 Å². The van der Waals surface area contributed by atoms with Crippen LogP contribution in [-0.2, 0) is 23.8 Å². The molecule has 7 heteroatoms. The van der Waals surface area contributed by atoms with E-state index in [9.17, 15) is 13.2 Å². The first-order chi connectivity index (χ1) is 9.83. The van der Waals surface area contributed by atoms with Gasteiger partial charge in [-0.15, -0.1) is 0 Å². The molecule has 0 radical (unpaired) electrons. The molecule has 1 aliphatic heterocycles. The van der Waals surface area contributed by atoms with Crippen LogP contribution in [0.1, 0.15) is 20.3 Å². The Labute approximate surface area is 125 Å². The number of hydrogen-bond acceptors (Lipinski definition) is 5. The van der Waals surface area contributed by atoms with Crippen LogP contribution in [0.15, 0.2) is 12.2 Å². The lowest BCUT2D eigenvalue weighted by molar-refractivity contribution is -0.118. The van der Waals surface area contributed by atoms with Crippen molar-refractivity contribution in [1.29, 1.82) is 0 Å². The van der Waals surface area contributed by atoms with Gasteiger partial charge < -0.3 is 10.1 Å². The number of carbonyl (C=O) groups is 1. The lowest BCUT2D eigenvalue weighted by Gasteiger charge is -2.29. The molecule has 0 spiro atoms. The number of amides is 1. The molecule has 1 saturated heterocycles. The molecule has 2 aliphatic carbocycles. The molecule has 6 nitrogen and oxygen atoms in total. The summed E-state index contributed by atoms with van der Waals surface area (Å²) in [6, 6.07) is 0. The van der Waals surface area contributed by atoms with Crippen molar-refractivity contribution in [3.8, 4) is 0 Å². The Bertz CT molecular complexity index is 572. The molecule has 1 N–H and O–H groups in total. The Hall–Kier alpha value is -0.920. The standard InChI is InChI=1S/C14H21NO5S/c1-7(2)14(16)15-4-5-19-11-9-6-10-12(11)20-21(17,18)13(10)8(9)3/h8-13H,1,4-6H2,2-3H3,(H,15,16). The molecule has 1 heterocycles. The fourth-order valence-corrected chi connectivity index (χ4v) is 6.20. The lowest BCUT2D eigenvalue weighted by atomic mass is 9.86. The van der Waals surface area contributed by atoms with Crippen LogP contribution in [-0.4, -0.2) is 44.9 Å². The topological polar surface area (TPSA) is 81.7 Å². The second-order valence-corrected chi connectivity index (χ2v) is 8.03. The molecule has 6 unspecified atom stereocenters. The summed E-state index contributed by atoms with van der Waals surface area (Å²) < 4.78 is 35.1. The summed E-state index contributed by atoms with van der Waals surface area (Å²) in [5.41, 5.74) is 0.455. The average Bonchev–Trinajstić information content (AvgIpc) is 2.95. The molecule has 1 amide bonds. The summed E-state index contributed by atoms with van der Waals surface area (Å²) in [5, 5.41) is 2.35. The first kappa shape index (κ1) is 15.0. The highest BCUT2D eigenvalue weighted by Crippen LogP contribution is 2.58. The number of ether oxygens (including phenoxy) is 1. The molecule has 0 aromatic heterocycles. The minimum atomic E-state index is -3.43. The third-order valence-electron chi connectivity index (χ3n) is 4.99. The minimum Gasteiger partial charge on any atom is -0.373 e. The van der Waals surface area contributed by atoms with Gasteiger partial charge in [-0.1, -0.05) is 13.5 Å².